The molecule has 26 heavy (non-hydrogen) atoms. The molecule has 4 aromatic heterocycles. The predicted molar refractivity (Wildman–Crippen MR) is 98.5 cm³/mol. The first-order valence-electron chi connectivity index (χ1n) is 7.71. The average Bonchev–Trinajstić information content (AvgIpc) is 3.25. The molecule has 130 valence electrons. The quantitative estimate of drug-likeness (QED) is 0.527. The highest BCUT2D eigenvalue weighted by molar-refractivity contribution is 7.14. The van der Waals surface area contributed by atoms with Crippen molar-refractivity contribution in [3.8, 4) is 10.6 Å². The van der Waals surface area contributed by atoms with Crippen LogP contribution in [0.2, 0.25) is 5.02 Å². The Bertz CT molecular complexity index is 1160. The Kier molecular flexibility index (Phi) is 4.36. The minimum absolute atomic E-state index is 0.0936. The molecule has 0 fully saturated rings. The van der Waals surface area contributed by atoms with Gasteiger partial charge in [-0.25, -0.2) is 14.2 Å². The minimum Gasteiger partial charge on any atom is -0.297 e. The van der Waals surface area contributed by atoms with Gasteiger partial charge in [-0.3, -0.25) is 9.59 Å². The van der Waals surface area contributed by atoms with Crippen molar-refractivity contribution >= 4 is 34.4 Å². The number of rotatable bonds is 5. The molecule has 0 aromatic carbocycles. The molecule has 0 aliphatic rings. The first kappa shape index (κ1) is 16.6. The van der Waals surface area contributed by atoms with Gasteiger partial charge < -0.3 is 0 Å². The SMILES string of the molecule is O=C(Cc1ccn2ncnc2c1)Cn1nc(-c2cc(Cl)cs2)ccc1=O. The third-order valence-electron chi connectivity index (χ3n) is 3.76. The third-order valence-corrected chi connectivity index (χ3v) is 5.06. The second kappa shape index (κ2) is 6.81. The van der Waals surface area contributed by atoms with E-state index in [9.17, 15) is 9.59 Å². The Labute approximate surface area is 156 Å². The molecule has 0 N–H and O–H groups in total. The van der Waals surface area contributed by atoms with E-state index in [1.807, 2.05) is 0 Å². The molecule has 0 radical (unpaired) electrons. The first-order valence-corrected chi connectivity index (χ1v) is 8.97. The van der Waals surface area contributed by atoms with Crippen LogP contribution in [0.25, 0.3) is 16.2 Å². The fourth-order valence-corrected chi connectivity index (χ4v) is 3.60. The van der Waals surface area contributed by atoms with E-state index in [0.29, 0.717) is 16.4 Å². The van der Waals surface area contributed by atoms with Crippen LogP contribution in [0.1, 0.15) is 5.56 Å². The molecule has 0 atom stereocenters. The summed E-state index contributed by atoms with van der Waals surface area (Å²) in [5.74, 6) is -0.121. The van der Waals surface area contributed by atoms with Crippen molar-refractivity contribution in [2.24, 2.45) is 0 Å². The van der Waals surface area contributed by atoms with Gasteiger partial charge in [0.25, 0.3) is 5.56 Å². The summed E-state index contributed by atoms with van der Waals surface area (Å²) in [4.78, 5) is 29.4. The number of thiophene rings is 1. The molecular formula is C17H12ClN5O2S. The zero-order valence-corrected chi connectivity index (χ0v) is 14.9. The smallest absolute Gasteiger partial charge is 0.267 e. The minimum atomic E-state index is -0.322. The van der Waals surface area contributed by atoms with Crippen LogP contribution in [-0.4, -0.2) is 30.2 Å². The standard InChI is InChI=1S/C17H12ClN5O2S/c18-12-7-15(26-9-12)14-1-2-17(25)23(21-14)8-13(24)5-11-3-4-22-16(6-11)19-10-20-22/h1-4,6-7,9-10H,5,8H2. The number of carbonyl (C=O) groups is 1. The number of pyridine rings is 1. The molecule has 4 aromatic rings. The van der Waals surface area contributed by atoms with Gasteiger partial charge in [-0.2, -0.15) is 10.2 Å². The van der Waals surface area contributed by atoms with Gasteiger partial charge in [0.05, 0.1) is 9.90 Å². The van der Waals surface area contributed by atoms with Crippen LogP contribution in [0.15, 0.2) is 53.0 Å². The molecule has 0 aliphatic heterocycles. The number of carbonyl (C=O) groups excluding carboxylic acids is 1. The summed E-state index contributed by atoms with van der Waals surface area (Å²) in [6.07, 6.45) is 3.38. The van der Waals surface area contributed by atoms with E-state index < -0.39 is 0 Å². The maximum atomic E-state index is 12.4. The molecular weight excluding hydrogens is 374 g/mol. The van der Waals surface area contributed by atoms with Crippen molar-refractivity contribution < 1.29 is 4.79 Å². The molecule has 7 nitrogen and oxygen atoms in total. The highest BCUT2D eigenvalue weighted by atomic mass is 35.5. The molecule has 9 heteroatoms. The predicted octanol–water partition coefficient (Wildman–Crippen LogP) is 2.48. The Balaban J connectivity index is 1.54. The van der Waals surface area contributed by atoms with Crippen LogP contribution in [0, 0.1) is 0 Å². The Morgan fingerprint density at radius 2 is 2.12 bits per heavy atom. The lowest BCUT2D eigenvalue weighted by Gasteiger charge is -2.06. The van der Waals surface area contributed by atoms with Gasteiger partial charge in [0.15, 0.2) is 11.4 Å². The number of hydrogen-bond donors (Lipinski definition) is 0. The van der Waals surface area contributed by atoms with Crippen LogP contribution in [0.5, 0.6) is 0 Å². The van der Waals surface area contributed by atoms with E-state index in [1.54, 1.807) is 40.4 Å². The number of Topliss-reactive ketones (excluding diaryl/α,β-unsaturated/α-hetero) is 1. The molecule has 0 aliphatic carbocycles. The highest BCUT2D eigenvalue weighted by Crippen LogP contribution is 2.27. The van der Waals surface area contributed by atoms with Gasteiger partial charge in [-0.15, -0.1) is 11.3 Å². The molecule has 0 unspecified atom stereocenters. The van der Waals surface area contributed by atoms with E-state index in [2.05, 4.69) is 15.2 Å². The van der Waals surface area contributed by atoms with Crippen LogP contribution in [0.3, 0.4) is 0 Å². The van der Waals surface area contributed by atoms with Gasteiger partial charge in [-0.05, 0) is 29.8 Å². The van der Waals surface area contributed by atoms with Crippen LogP contribution in [-0.2, 0) is 17.8 Å². The van der Waals surface area contributed by atoms with Crippen molar-refractivity contribution in [3.63, 3.8) is 0 Å². The van der Waals surface area contributed by atoms with Crippen molar-refractivity contribution in [1.82, 2.24) is 24.4 Å². The second-order valence-corrected chi connectivity index (χ2v) is 7.00. The zero-order valence-electron chi connectivity index (χ0n) is 13.4. The topological polar surface area (TPSA) is 82.2 Å². The molecule has 0 saturated carbocycles. The van der Waals surface area contributed by atoms with Crippen LogP contribution >= 0.6 is 22.9 Å². The third kappa shape index (κ3) is 3.42. The lowest BCUT2D eigenvalue weighted by atomic mass is 10.1. The molecule has 0 saturated heterocycles. The zero-order chi connectivity index (χ0) is 18.1. The van der Waals surface area contributed by atoms with E-state index in [0.717, 1.165) is 10.4 Å². The van der Waals surface area contributed by atoms with Gasteiger partial charge in [0, 0.05) is 24.1 Å². The monoisotopic (exact) mass is 385 g/mol. The number of aromatic nitrogens is 5. The van der Waals surface area contributed by atoms with Crippen molar-refractivity contribution in [1.29, 1.82) is 0 Å². The first-order chi connectivity index (χ1) is 12.6. The summed E-state index contributed by atoms with van der Waals surface area (Å²) in [7, 11) is 0. The van der Waals surface area contributed by atoms with E-state index >= 15 is 0 Å². The van der Waals surface area contributed by atoms with Crippen molar-refractivity contribution in [2.45, 2.75) is 13.0 Å². The Morgan fingerprint density at radius 1 is 1.23 bits per heavy atom. The number of halogens is 1. The molecule has 4 heterocycles. The maximum absolute atomic E-state index is 12.4. The second-order valence-electron chi connectivity index (χ2n) is 5.66. The summed E-state index contributed by atoms with van der Waals surface area (Å²) in [5.41, 5.74) is 1.77. The fraction of sp³-hybridized carbons (Fsp3) is 0.118. The lowest BCUT2D eigenvalue weighted by molar-refractivity contribution is -0.119. The van der Waals surface area contributed by atoms with Crippen molar-refractivity contribution in [3.05, 3.63) is 69.2 Å². The van der Waals surface area contributed by atoms with E-state index in [4.69, 9.17) is 11.6 Å². The fourth-order valence-electron chi connectivity index (χ4n) is 2.56. The van der Waals surface area contributed by atoms with E-state index in [-0.39, 0.29) is 24.3 Å². The van der Waals surface area contributed by atoms with Gasteiger partial charge in [-0.1, -0.05) is 11.6 Å². The average molecular weight is 386 g/mol. The van der Waals surface area contributed by atoms with Gasteiger partial charge >= 0.3 is 0 Å². The molecule has 0 spiro atoms. The maximum Gasteiger partial charge on any atom is 0.267 e. The van der Waals surface area contributed by atoms with Gasteiger partial charge in [0.1, 0.15) is 18.6 Å². The lowest BCUT2D eigenvalue weighted by Crippen LogP contribution is -2.27. The number of hydrogen-bond acceptors (Lipinski definition) is 6. The Hall–Kier alpha value is -2.84. The normalized spacial score (nSPS) is 11.1. The number of ketones is 1. The number of fused-ring (bicyclic) bond motifs is 1. The molecule has 4 rings (SSSR count). The highest BCUT2D eigenvalue weighted by Gasteiger charge is 2.11. The molecule has 0 amide bonds. The van der Waals surface area contributed by atoms with E-state index in [1.165, 1.54) is 28.4 Å². The number of nitrogens with zero attached hydrogens (tertiary/aromatic N) is 5. The summed E-state index contributed by atoms with van der Waals surface area (Å²) >= 11 is 7.37. The Morgan fingerprint density at radius 3 is 2.92 bits per heavy atom. The summed E-state index contributed by atoms with van der Waals surface area (Å²) in [5, 5.41) is 10.7. The summed E-state index contributed by atoms with van der Waals surface area (Å²) in [6.45, 7) is -0.0936. The molecule has 0 bridgehead atoms. The van der Waals surface area contributed by atoms with Crippen LogP contribution in [0.4, 0.5) is 0 Å². The summed E-state index contributed by atoms with van der Waals surface area (Å²) < 4.78 is 2.80. The van der Waals surface area contributed by atoms with Gasteiger partial charge in [0.2, 0.25) is 0 Å². The van der Waals surface area contributed by atoms with Crippen LogP contribution < -0.4 is 5.56 Å². The van der Waals surface area contributed by atoms with Crippen molar-refractivity contribution in [2.75, 3.05) is 0 Å². The summed E-state index contributed by atoms with van der Waals surface area (Å²) in [6, 6.07) is 8.42. The largest absolute Gasteiger partial charge is 0.297 e.